The van der Waals surface area contributed by atoms with Gasteiger partial charge in [0.05, 0.1) is 6.54 Å². The molecule has 25 heavy (non-hydrogen) atoms. The lowest BCUT2D eigenvalue weighted by molar-refractivity contribution is -0.225. The Morgan fingerprint density at radius 2 is 1.80 bits per heavy atom. The maximum Gasteiger partial charge on any atom is 0.396 e. The molecule has 2 aromatic rings. The molecule has 130 valence electrons. The molecule has 4 rings (SSSR count). The summed E-state index contributed by atoms with van der Waals surface area (Å²) in [7, 11) is 0. The van der Waals surface area contributed by atoms with Crippen molar-refractivity contribution in [2.24, 2.45) is 10.9 Å². The zero-order valence-electron chi connectivity index (χ0n) is 13.2. The summed E-state index contributed by atoms with van der Waals surface area (Å²) in [5.41, 5.74) is 0.744. The molecule has 6 heteroatoms. The predicted octanol–water partition coefficient (Wildman–Crippen LogP) is 5.25. The standard InChI is InChI=1S/C19H15BrF3NO/c20-14-8-5-13(6-9-14)17-24-11-18(25-17)15-4-2-1-3-12(15)7-10-16(18)19(21,22)23/h1-6,8-9,16H,7,10-11H2. The van der Waals surface area contributed by atoms with Crippen LogP contribution in [0.3, 0.4) is 0 Å². The van der Waals surface area contributed by atoms with E-state index in [1.807, 2.05) is 24.3 Å². The molecule has 0 saturated heterocycles. The summed E-state index contributed by atoms with van der Waals surface area (Å²) in [5.74, 6) is -1.29. The third-order valence-corrected chi connectivity index (χ3v) is 5.49. The minimum absolute atomic E-state index is 0.0143. The van der Waals surface area contributed by atoms with Crippen molar-refractivity contribution >= 4 is 21.8 Å². The molecular weight excluding hydrogens is 395 g/mol. The Labute approximate surface area is 151 Å². The number of aryl methyl sites for hydroxylation is 1. The van der Waals surface area contributed by atoms with E-state index in [0.717, 1.165) is 10.0 Å². The fraction of sp³-hybridized carbons (Fsp3) is 0.316. The van der Waals surface area contributed by atoms with Crippen LogP contribution in [0.2, 0.25) is 0 Å². The highest BCUT2D eigenvalue weighted by Gasteiger charge is 2.60. The summed E-state index contributed by atoms with van der Waals surface area (Å²) in [5, 5.41) is 0. The van der Waals surface area contributed by atoms with Crippen molar-refractivity contribution in [2.45, 2.75) is 24.6 Å². The number of hydrogen-bond donors (Lipinski definition) is 0. The number of rotatable bonds is 1. The molecule has 2 unspecified atom stereocenters. The summed E-state index contributed by atoms with van der Waals surface area (Å²) in [6.45, 7) is -0.0143. The first-order valence-electron chi connectivity index (χ1n) is 8.05. The number of halogens is 4. The highest BCUT2D eigenvalue weighted by atomic mass is 79.9. The van der Waals surface area contributed by atoms with E-state index in [-0.39, 0.29) is 18.9 Å². The topological polar surface area (TPSA) is 21.6 Å². The number of fused-ring (bicyclic) bond motifs is 2. The van der Waals surface area contributed by atoms with Gasteiger partial charge >= 0.3 is 6.18 Å². The first kappa shape index (κ1) is 16.6. The van der Waals surface area contributed by atoms with E-state index >= 15 is 0 Å². The number of hydrogen-bond acceptors (Lipinski definition) is 2. The average Bonchev–Trinajstić information content (AvgIpc) is 3.00. The van der Waals surface area contributed by atoms with Crippen molar-refractivity contribution in [1.29, 1.82) is 0 Å². The molecule has 0 fully saturated rings. The SMILES string of the molecule is FC(F)(F)C1CCc2ccccc2C12CN=C(c1ccc(Br)cc1)O2. The van der Waals surface area contributed by atoms with E-state index in [2.05, 4.69) is 20.9 Å². The zero-order valence-corrected chi connectivity index (χ0v) is 14.8. The second-order valence-corrected chi connectivity index (χ2v) is 7.33. The van der Waals surface area contributed by atoms with Crippen LogP contribution in [0.4, 0.5) is 13.2 Å². The summed E-state index contributed by atoms with van der Waals surface area (Å²) >= 11 is 3.35. The molecule has 0 bridgehead atoms. The molecule has 2 atom stereocenters. The molecule has 0 radical (unpaired) electrons. The van der Waals surface area contributed by atoms with E-state index in [0.29, 0.717) is 17.5 Å². The Morgan fingerprint density at radius 1 is 1.08 bits per heavy atom. The fourth-order valence-electron chi connectivity index (χ4n) is 3.79. The van der Waals surface area contributed by atoms with Gasteiger partial charge in [0.1, 0.15) is 5.92 Å². The molecule has 0 saturated carbocycles. The van der Waals surface area contributed by atoms with Crippen LogP contribution < -0.4 is 0 Å². The summed E-state index contributed by atoms with van der Waals surface area (Å²) in [6.07, 6.45) is -3.92. The lowest BCUT2D eigenvalue weighted by atomic mass is 9.71. The van der Waals surface area contributed by atoms with Gasteiger partial charge in [0.25, 0.3) is 0 Å². The fourth-order valence-corrected chi connectivity index (χ4v) is 4.05. The lowest BCUT2D eigenvalue weighted by Gasteiger charge is -2.42. The van der Waals surface area contributed by atoms with Gasteiger partial charge in [0.2, 0.25) is 5.90 Å². The summed E-state index contributed by atoms with van der Waals surface area (Å²) in [4.78, 5) is 4.35. The lowest BCUT2D eigenvalue weighted by Crippen LogP contribution is -2.49. The molecule has 1 aliphatic heterocycles. The van der Waals surface area contributed by atoms with E-state index in [1.54, 1.807) is 24.3 Å². The van der Waals surface area contributed by atoms with Gasteiger partial charge in [-0.15, -0.1) is 0 Å². The van der Waals surface area contributed by atoms with Crippen LogP contribution in [0.1, 0.15) is 23.1 Å². The van der Waals surface area contributed by atoms with E-state index in [4.69, 9.17) is 4.74 Å². The highest BCUT2D eigenvalue weighted by molar-refractivity contribution is 9.10. The molecule has 0 amide bonds. The van der Waals surface area contributed by atoms with Crippen molar-refractivity contribution < 1.29 is 17.9 Å². The van der Waals surface area contributed by atoms with Crippen LogP contribution in [-0.2, 0) is 16.8 Å². The Bertz CT molecular complexity index is 831. The van der Waals surface area contributed by atoms with Crippen LogP contribution in [0.15, 0.2) is 58.0 Å². The van der Waals surface area contributed by atoms with Gasteiger partial charge in [-0.3, -0.25) is 0 Å². The van der Waals surface area contributed by atoms with Crippen molar-refractivity contribution in [1.82, 2.24) is 0 Å². The van der Waals surface area contributed by atoms with Gasteiger partial charge in [0, 0.05) is 15.6 Å². The van der Waals surface area contributed by atoms with E-state index < -0.39 is 17.7 Å². The Morgan fingerprint density at radius 3 is 2.52 bits per heavy atom. The molecule has 2 aliphatic rings. The van der Waals surface area contributed by atoms with Gasteiger partial charge in [-0.05, 0) is 42.7 Å². The number of alkyl halides is 3. The van der Waals surface area contributed by atoms with Crippen molar-refractivity contribution in [3.05, 3.63) is 69.7 Å². The Balaban J connectivity index is 1.77. The molecular formula is C19H15BrF3NO. The molecule has 1 spiro atoms. The molecule has 1 aliphatic carbocycles. The Hall–Kier alpha value is -1.82. The van der Waals surface area contributed by atoms with Crippen LogP contribution >= 0.6 is 15.9 Å². The zero-order chi connectivity index (χ0) is 17.7. The average molecular weight is 410 g/mol. The maximum atomic E-state index is 13.8. The normalized spacial score (nSPS) is 25.4. The second kappa shape index (κ2) is 5.87. The maximum absolute atomic E-state index is 13.8. The van der Waals surface area contributed by atoms with Crippen LogP contribution in [-0.4, -0.2) is 18.6 Å². The molecule has 1 heterocycles. The molecule has 0 aromatic heterocycles. The number of aliphatic imine (C=N–C) groups is 1. The third kappa shape index (κ3) is 2.76. The quantitative estimate of drug-likeness (QED) is 0.630. The highest BCUT2D eigenvalue weighted by Crippen LogP contribution is 2.52. The van der Waals surface area contributed by atoms with Crippen molar-refractivity contribution in [2.75, 3.05) is 6.54 Å². The van der Waals surface area contributed by atoms with Gasteiger partial charge in [0.15, 0.2) is 5.60 Å². The third-order valence-electron chi connectivity index (χ3n) is 4.96. The van der Waals surface area contributed by atoms with Crippen LogP contribution in [0.25, 0.3) is 0 Å². The van der Waals surface area contributed by atoms with Crippen LogP contribution in [0.5, 0.6) is 0 Å². The minimum atomic E-state index is -4.34. The molecule has 0 N–H and O–H groups in total. The first-order valence-corrected chi connectivity index (χ1v) is 8.84. The van der Waals surface area contributed by atoms with Gasteiger partial charge in [-0.25, -0.2) is 4.99 Å². The van der Waals surface area contributed by atoms with E-state index in [1.165, 1.54) is 0 Å². The predicted molar refractivity (Wildman–Crippen MR) is 92.6 cm³/mol. The monoisotopic (exact) mass is 409 g/mol. The van der Waals surface area contributed by atoms with Crippen molar-refractivity contribution in [3.63, 3.8) is 0 Å². The number of ether oxygens (including phenoxy) is 1. The largest absolute Gasteiger partial charge is 0.463 e. The second-order valence-electron chi connectivity index (χ2n) is 6.41. The number of nitrogens with zero attached hydrogens (tertiary/aromatic N) is 1. The van der Waals surface area contributed by atoms with Gasteiger partial charge in [-0.2, -0.15) is 13.2 Å². The number of benzene rings is 2. The van der Waals surface area contributed by atoms with Crippen molar-refractivity contribution in [3.8, 4) is 0 Å². The first-order chi connectivity index (χ1) is 11.9. The molecule has 2 aromatic carbocycles. The smallest absolute Gasteiger partial charge is 0.396 e. The summed E-state index contributed by atoms with van der Waals surface area (Å²) < 4.78 is 48.2. The van der Waals surface area contributed by atoms with Crippen LogP contribution in [0, 0.1) is 5.92 Å². The van der Waals surface area contributed by atoms with Gasteiger partial charge < -0.3 is 4.74 Å². The Kier molecular flexibility index (Phi) is 3.90. The minimum Gasteiger partial charge on any atom is -0.463 e. The van der Waals surface area contributed by atoms with E-state index in [9.17, 15) is 13.2 Å². The molecule has 2 nitrogen and oxygen atoms in total. The summed E-state index contributed by atoms with van der Waals surface area (Å²) in [6, 6.07) is 14.5. The van der Waals surface area contributed by atoms with Gasteiger partial charge in [-0.1, -0.05) is 40.2 Å².